The van der Waals surface area contributed by atoms with Crippen molar-refractivity contribution in [2.45, 2.75) is 18.5 Å². The SMILES string of the molecule is NC(CO)C1Cc2cc(F)ccc2N1. The van der Waals surface area contributed by atoms with Crippen LogP contribution in [-0.2, 0) is 6.42 Å². The second-order valence-electron chi connectivity index (χ2n) is 3.60. The smallest absolute Gasteiger partial charge is 0.123 e. The highest BCUT2D eigenvalue weighted by Crippen LogP contribution is 2.27. The van der Waals surface area contributed by atoms with Crippen molar-refractivity contribution in [3.05, 3.63) is 29.6 Å². The predicted octanol–water partition coefficient (Wildman–Crippen LogP) is 0.482. The molecule has 14 heavy (non-hydrogen) atoms. The number of nitrogens with two attached hydrogens (primary N) is 1. The van der Waals surface area contributed by atoms with Gasteiger partial charge in [-0.2, -0.15) is 0 Å². The summed E-state index contributed by atoms with van der Waals surface area (Å²) >= 11 is 0. The molecule has 0 aliphatic carbocycles. The van der Waals surface area contributed by atoms with Crippen molar-refractivity contribution < 1.29 is 9.50 Å². The Morgan fingerprint density at radius 1 is 1.64 bits per heavy atom. The van der Waals surface area contributed by atoms with Crippen LogP contribution in [-0.4, -0.2) is 23.8 Å². The van der Waals surface area contributed by atoms with Gasteiger partial charge in [0.15, 0.2) is 0 Å². The Bertz CT molecular complexity index is 343. The first-order chi connectivity index (χ1) is 6.70. The minimum Gasteiger partial charge on any atom is -0.395 e. The van der Waals surface area contributed by atoms with Gasteiger partial charge >= 0.3 is 0 Å². The van der Waals surface area contributed by atoms with Crippen molar-refractivity contribution >= 4 is 5.69 Å². The number of halogens is 1. The average Bonchev–Trinajstić information content (AvgIpc) is 2.59. The molecule has 2 unspecified atom stereocenters. The molecule has 0 amide bonds. The van der Waals surface area contributed by atoms with Gasteiger partial charge in [0.05, 0.1) is 6.61 Å². The third-order valence-electron chi connectivity index (χ3n) is 2.58. The number of aliphatic hydroxyl groups is 1. The van der Waals surface area contributed by atoms with Crippen molar-refractivity contribution in [1.82, 2.24) is 0 Å². The molecule has 0 saturated carbocycles. The summed E-state index contributed by atoms with van der Waals surface area (Å²) in [5, 5.41) is 12.1. The molecule has 0 spiro atoms. The van der Waals surface area contributed by atoms with E-state index in [1.807, 2.05) is 0 Å². The fraction of sp³-hybridized carbons (Fsp3) is 0.400. The molecule has 0 saturated heterocycles. The Labute approximate surface area is 81.7 Å². The lowest BCUT2D eigenvalue weighted by molar-refractivity contribution is 0.254. The van der Waals surface area contributed by atoms with E-state index in [9.17, 15) is 4.39 Å². The molecule has 1 aliphatic heterocycles. The Balaban J connectivity index is 2.17. The van der Waals surface area contributed by atoms with E-state index < -0.39 is 0 Å². The molecule has 0 aromatic heterocycles. The van der Waals surface area contributed by atoms with Crippen LogP contribution in [0.2, 0.25) is 0 Å². The van der Waals surface area contributed by atoms with Gasteiger partial charge in [-0.25, -0.2) is 4.39 Å². The van der Waals surface area contributed by atoms with Crippen LogP contribution in [0, 0.1) is 5.82 Å². The van der Waals surface area contributed by atoms with Gasteiger partial charge in [-0.1, -0.05) is 0 Å². The fourth-order valence-electron chi connectivity index (χ4n) is 1.75. The molecule has 4 N–H and O–H groups in total. The van der Waals surface area contributed by atoms with Crippen molar-refractivity contribution in [2.24, 2.45) is 5.73 Å². The van der Waals surface area contributed by atoms with Gasteiger partial charge in [0.1, 0.15) is 5.82 Å². The lowest BCUT2D eigenvalue weighted by Gasteiger charge is -2.17. The molecule has 2 rings (SSSR count). The van der Waals surface area contributed by atoms with Crippen LogP contribution >= 0.6 is 0 Å². The number of aliphatic hydroxyl groups excluding tert-OH is 1. The maximum absolute atomic E-state index is 12.9. The van der Waals surface area contributed by atoms with Gasteiger partial charge in [0.25, 0.3) is 0 Å². The van der Waals surface area contributed by atoms with Gasteiger partial charge in [-0.15, -0.1) is 0 Å². The van der Waals surface area contributed by atoms with Crippen LogP contribution < -0.4 is 11.1 Å². The zero-order valence-corrected chi connectivity index (χ0v) is 7.70. The number of rotatable bonds is 2. The minimum absolute atomic E-state index is 0.0109. The molecule has 1 aromatic carbocycles. The largest absolute Gasteiger partial charge is 0.395 e. The van der Waals surface area contributed by atoms with Crippen LogP contribution in [0.3, 0.4) is 0 Å². The maximum Gasteiger partial charge on any atom is 0.123 e. The zero-order valence-electron chi connectivity index (χ0n) is 7.70. The molecule has 3 nitrogen and oxygen atoms in total. The van der Waals surface area contributed by atoms with Crippen molar-refractivity contribution in [1.29, 1.82) is 0 Å². The topological polar surface area (TPSA) is 58.3 Å². The summed E-state index contributed by atoms with van der Waals surface area (Å²) in [4.78, 5) is 0. The first kappa shape index (κ1) is 9.43. The average molecular weight is 196 g/mol. The van der Waals surface area contributed by atoms with E-state index in [0.29, 0.717) is 6.42 Å². The molecule has 4 heteroatoms. The van der Waals surface area contributed by atoms with E-state index in [4.69, 9.17) is 10.8 Å². The van der Waals surface area contributed by atoms with Crippen molar-refractivity contribution in [3.63, 3.8) is 0 Å². The molecule has 2 atom stereocenters. The van der Waals surface area contributed by atoms with Gasteiger partial charge in [0.2, 0.25) is 0 Å². The predicted molar refractivity (Wildman–Crippen MR) is 52.6 cm³/mol. The van der Waals surface area contributed by atoms with Gasteiger partial charge < -0.3 is 16.2 Å². The fourth-order valence-corrected chi connectivity index (χ4v) is 1.75. The summed E-state index contributed by atoms with van der Waals surface area (Å²) < 4.78 is 12.9. The zero-order chi connectivity index (χ0) is 10.1. The van der Waals surface area contributed by atoms with Gasteiger partial charge in [-0.3, -0.25) is 0 Å². The Morgan fingerprint density at radius 2 is 2.43 bits per heavy atom. The maximum atomic E-state index is 12.9. The van der Waals surface area contributed by atoms with E-state index in [-0.39, 0.29) is 24.5 Å². The van der Waals surface area contributed by atoms with Crippen molar-refractivity contribution in [2.75, 3.05) is 11.9 Å². The summed E-state index contributed by atoms with van der Waals surface area (Å²) in [7, 11) is 0. The lowest BCUT2D eigenvalue weighted by atomic mass is 10.1. The molecule has 0 bridgehead atoms. The van der Waals surface area contributed by atoms with Crippen molar-refractivity contribution in [3.8, 4) is 0 Å². The number of benzene rings is 1. The summed E-state index contributed by atoms with van der Waals surface area (Å²) in [6, 6.07) is 4.34. The van der Waals surface area contributed by atoms with Crippen LogP contribution in [0.1, 0.15) is 5.56 Å². The van der Waals surface area contributed by atoms with Gasteiger partial charge in [-0.05, 0) is 30.2 Å². The number of fused-ring (bicyclic) bond motifs is 1. The molecule has 1 aromatic rings. The van der Waals surface area contributed by atoms with Gasteiger partial charge in [0, 0.05) is 17.8 Å². The highest BCUT2D eigenvalue weighted by molar-refractivity contribution is 5.57. The van der Waals surface area contributed by atoms with Crippen LogP contribution in [0.15, 0.2) is 18.2 Å². The third-order valence-corrected chi connectivity index (χ3v) is 2.58. The normalized spacial score (nSPS) is 21.5. The number of nitrogens with one attached hydrogen (secondary N) is 1. The van der Waals surface area contributed by atoms with Crippen LogP contribution in [0.5, 0.6) is 0 Å². The van der Waals surface area contributed by atoms with E-state index in [1.165, 1.54) is 12.1 Å². The van der Waals surface area contributed by atoms with E-state index >= 15 is 0 Å². The Kier molecular flexibility index (Phi) is 2.39. The number of hydrogen-bond acceptors (Lipinski definition) is 3. The molecule has 0 radical (unpaired) electrons. The molecular formula is C10H13FN2O. The molecule has 1 heterocycles. The Morgan fingerprint density at radius 3 is 3.14 bits per heavy atom. The highest BCUT2D eigenvalue weighted by Gasteiger charge is 2.25. The number of anilines is 1. The molecule has 1 aliphatic rings. The van der Waals surface area contributed by atoms with E-state index in [2.05, 4.69) is 5.32 Å². The third kappa shape index (κ3) is 1.58. The second kappa shape index (κ2) is 3.55. The first-order valence-electron chi connectivity index (χ1n) is 4.62. The highest BCUT2D eigenvalue weighted by atomic mass is 19.1. The standard InChI is InChI=1S/C10H13FN2O/c11-7-1-2-9-6(3-7)4-10(13-9)8(12)5-14/h1-3,8,10,13-14H,4-5,12H2. The number of hydrogen-bond donors (Lipinski definition) is 3. The summed E-state index contributed by atoms with van der Waals surface area (Å²) in [5.41, 5.74) is 7.54. The summed E-state index contributed by atoms with van der Waals surface area (Å²) in [6.45, 7) is -0.0614. The molecule has 0 fully saturated rings. The first-order valence-corrected chi connectivity index (χ1v) is 4.62. The second-order valence-corrected chi connectivity index (χ2v) is 3.60. The minimum atomic E-state index is -0.300. The Hall–Kier alpha value is -1.13. The molecular weight excluding hydrogens is 183 g/mol. The van der Waals surface area contributed by atoms with E-state index in [1.54, 1.807) is 6.07 Å². The summed E-state index contributed by atoms with van der Waals surface area (Å²) in [5.74, 6) is -0.233. The van der Waals surface area contributed by atoms with Crippen LogP contribution in [0.4, 0.5) is 10.1 Å². The summed E-state index contributed by atoms with van der Waals surface area (Å²) in [6.07, 6.45) is 0.675. The lowest BCUT2D eigenvalue weighted by Crippen LogP contribution is -2.41. The monoisotopic (exact) mass is 196 g/mol. The van der Waals surface area contributed by atoms with E-state index in [0.717, 1.165) is 11.3 Å². The quantitative estimate of drug-likeness (QED) is 0.645. The van der Waals surface area contributed by atoms with Crippen LogP contribution in [0.25, 0.3) is 0 Å². The molecule has 76 valence electrons.